The highest BCUT2D eigenvalue weighted by atomic mass is 32.1. The summed E-state index contributed by atoms with van der Waals surface area (Å²) in [6, 6.07) is 15.5. The molecule has 6 heteroatoms. The minimum Gasteiger partial charge on any atom is -0.438 e. The van der Waals surface area contributed by atoms with Crippen LogP contribution in [-0.4, -0.2) is 9.97 Å². The lowest BCUT2D eigenvalue weighted by Crippen LogP contribution is -1.98. The first kappa shape index (κ1) is 19.5. The van der Waals surface area contributed by atoms with Gasteiger partial charge in [-0.15, -0.1) is 11.3 Å². The number of hydrogen-bond donors (Lipinski definition) is 0. The average Bonchev–Trinajstić information content (AvgIpc) is 3.19. The Bertz CT molecular complexity index is 1470. The van der Waals surface area contributed by atoms with Crippen molar-refractivity contribution in [3.63, 3.8) is 0 Å². The summed E-state index contributed by atoms with van der Waals surface area (Å²) in [6.45, 7) is 6.25. The first-order valence-electron chi connectivity index (χ1n) is 10.0. The van der Waals surface area contributed by atoms with Gasteiger partial charge in [0.25, 0.3) is 0 Å². The molecule has 3 aromatic heterocycles. The minimum absolute atomic E-state index is 0.378. The van der Waals surface area contributed by atoms with Crippen LogP contribution in [-0.2, 0) is 0 Å². The van der Waals surface area contributed by atoms with Gasteiger partial charge in [0.05, 0.1) is 5.39 Å². The molecule has 0 radical (unpaired) electrons. The minimum atomic E-state index is -0.378. The van der Waals surface area contributed by atoms with Crippen LogP contribution in [0.2, 0.25) is 0 Å². The fraction of sp³-hybridized carbons (Fsp3) is 0.160. The third-order valence-corrected chi connectivity index (χ3v) is 6.25. The highest BCUT2D eigenvalue weighted by Crippen LogP contribution is 2.39. The molecule has 0 saturated carbocycles. The smallest absolute Gasteiger partial charge is 0.336 e. The van der Waals surface area contributed by atoms with Gasteiger partial charge in [-0.2, -0.15) is 0 Å². The number of ether oxygens (including phenoxy) is 1. The van der Waals surface area contributed by atoms with Crippen LogP contribution in [0.5, 0.6) is 11.6 Å². The molecule has 0 saturated heterocycles. The molecule has 0 fully saturated rings. The van der Waals surface area contributed by atoms with Crippen molar-refractivity contribution in [1.29, 1.82) is 0 Å². The van der Waals surface area contributed by atoms with E-state index in [4.69, 9.17) is 9.15 Å². The zero-order valence-electron chi connectivity index (χ0n) is 17.4. The molecule has 0 spiro atoms. The van der Waals surface area contributed by atoms with E-state index >= 15 is 0 Å². The molecule has 0 aliphatic heterocycles. The van der Waals surface area contributed by atoms with Crippen molar-refractivity contribution in [3.05, 3.63) is 81.8 Å². The standard InChI is InChI=1S/C25H20N2O3S/c1-14(2)16-4-6-17(7-5-16)20-12-31-25-23(20)24(26-13-27-25)29-18-8-9-19-15(3)10-22(28)30-21(19)11-18/h4-14H,1-3H3. The fourth-order valence-corrected chi connectivity index (χ4v) is 4.57. The number of thiophene rings is 1. The van der Waals surface area contributed by atoms with Crippen LogP contribution in [0.15, 0.2) is 69.5 Å². The van der Waals surface area contributed by atoms with E-state index in [0.29, 0.717) is 23.1 Å². The van der Waals surface area contributed by atoms with Crippen molar-refractivity contribution < 1.29 is 9.15 Å². The van der Waals surface area contributed by atoms with Gasteiger partial charge in [0.1, 0.15) is 22.5 Å². The lowest BCUT2D eigenvalue weighted by atomic mass is 9.99. The summed E-state index contributed by atoms with van der Waals surface area (Å²) in [5.74, 6) is 1.50. The number of fused-ring (bicyclic) bond motifs is 2. The number of benzene rings is 2. The van der Waals surface area contributed by atoms with E-state index in [2.05, 4.69) is 53.5 Å². The molecule has 0 bridgehead atoms. The Balaban J connectivity index is 1.58. The van der Waals surface area contributed by atoms with Crippen molar-refractivity contribution in [1.82, 2.24) is 9.97 Å². The summed E-state index contributed by atoms with van der Waals surface area (Å²) >= 11 is 1.56. The molecule has 154 valence electrons. The summed E-state index contributed by atoms with van der Waals surface area (Å²) in [4.78, 5) is 21.4. The average molecular weight is 429 g/mol. The fourth-order valence-electron chi connectivity index (χ4n) is 3.67. The molecule has 5 aromatic rings. The van der Waals surface area contributed by atoms with E-state index in [1.807, 2.05) is 19.1 Å². The van der Waals surface area contributed by atoms with Gasteiger partial charge in [-0.1, -0.05) is 38.1 Å². The number of rotatable bonds is 4. The molecule has 0 N–H and O–H groups in total. The molecule has 0 aliphatic carbocycles. The van der Waals surface area contributed by atoms with Crippen molar-refractivity contribution in [3.8, 4) is 22.8 Å². The van der Waals surface area contributed by atoms with Crippen molar-refractivity contribution in [2.24, 2.45) is 0 Å². The topological polar surface area (TPSA) is 65.2 Å². The van der Waals surface area contributed by atoms with Crippen LogP contribution < -0.4 is 10.4 Å². The quantitative estimate of drug-likeness (QED) is 0.298. The van der Waals surface area contributed by atoms with Gasteiger partial charge in [0.2, 0.25) is 5.88 Å². The Hall–Kier alpha value is -3.51. The number of nitrogens with zero attached hydrogens (tertiary/aromatic N) is 2. The maximum absolute atomic E-state index is 11.8. The molecular formula is C25H20N2O3S. The second kappa shape index (κ2) is 7.63. The van der Waals surface area contributed by atoms with E-state index in [-0.39, 0.29) is 5.63 Å². The molecule has 31 heavy (non-hydrogen) atoms. The Morgan fingerprint density at radius 1 is 1.03 bits per heavy atom. The van der Waals surface area contributed by atoms with E-state index in [0.717, 1.165) is 32.3 Å². The van der Waals surface area contributed by atoms with Gasteiger partial charge in [-0.3, -0.25) is 0 Å². The Morgan fingerprint density at radius 3 is 2.61 bits per heavy atom. The second-order valence-corrected chi connectivity index (χ2v) is 8.65. The first-order valence-corrected chi connectivity index (χ1v) is 10.9. The van der Waals surface area contributed by atoms with Crippen LogP contribution in [0, 0.1) is 6.92 Å². The van der Waals surface area contributed by atoms with Gasteiger partial charge in [0, 0.05) is 28.5 Å². The Morgan fingerprint density at radius 2 is 1.84 bits per heavy atom. The van der Waals surface area contributed by atoms with Gasteiger partial charge >= 0.3 is 5.63 Å². The highest BCUT2D eigenvalue weighted by molar-refractivity contribution is 7.17. The molecule has 0 aliphatic rings. The zero-order valence-corrected chi connectivity index (χ0v) is 18.2. The van der Waals surface area contributed by atoms with E-state index < -0.39 is 0 Å². The Kier molecular flexibility index (Phi) is 4.79. The molecule has 0 amide bonds. The van der Waals surface area contributed by atoms with Crippen LogP contribution in [0.25, 0.3) is 32.3 Å². The summed E-state index contributed by atoms with van der Waals surface area (Å²) in [7, 11) is 0. The lowest BCUT2D eigenvalue weighted by Gasteiger charge is -2.10. The maximum atomic E-state index is 11.8. The molecule has 5 nitrogen and oxygen atoms in total. The van der Waals surface area contributed by atoms with E-state index in [1.165, 1.54) is 18.0 Å². The predicted molar refractivity (Wildman–Crippen MR) is 124 cm³/mol. The third-order valence-electron chi connectivity index (χ3n) is 5.36. The zero-order chi connectivity index (χ0) is 21.5. The van der Waals surface area contributed by atoms with E-state index in [1.54, 1.807) is 17.4 Å². The van der Waals surface area contributed by atoms with Crippen molar-refractivity contribution in [2.75, 3.05) is 0 Å². The Labute approximate surface area is 183 Å². The summed E-state index contributed by atoms with van der Waals surface area (Å²) in [5.41, 5.74) is 4.40. The van der Waals surface area contributed by atoms with Crippen LogP contribution in [0.3, 0.4) is 0 Å². The maximum Gasteiger partial charge on any atom is 0.336 e. The van der Waals surface area contributed by atoms with Gasteiger partial charge < -0.3 is 9.15 Å². The van der Waals surface area contributed by atoms with Crippen LogP contribution >= 0.6 is 11.3 Å². The van der Waals surface area contributed by atoms with Crippen molar-refractivity contribution in [2.45, 2.75) is 26.7 Å². The highest BCUT2D eigenvalue weighted by Gasteiger charge is 2.16. The largest absolute Gasteiger partial charge is 0.438 e. The molecule has 5 rings (SSSR count). The molecule has 0 unspecified atom stereocenters. The van der Waals surface area contributed by atoms with Crippen LogP contribution in [0.4, 0.5) is 0 Å². The SMILES string of the molecule is Cc1cc(=O)oc2cc(Oc3ncnc4scc(-c5ccc(C(C)C)cc5)c34)ccc12. The lowest BCUT2D eigenvalue weighted by molar-refractivity contribution is 0.466. The summed E-state index contributed by atoms with van der Waals surface area (Å²) in [6.07, 6.45) is 1.51. The second-order valence-electron chi connectivity index (χ2n) is 7.79. The summed E-state index contributed by atoms with van der Waals surface area (Å²) < 4.78 is 11.5. The predicted octanol–water partition coefficient (Wildman–Crippen LogP) is 6.69. The third kappa shape index (κ3) is 3.59. The molecule has 3 heterocycles. The molecule has 0 atom stereocenters. The van der Waals surface area contributed by atoms with Crippen molar-refractivity contribution >= 4 is 32.5 Å². The van der Waals surface area contributed by atoms with E-state index in [9.17, 15) is 4.79 Å². The van der Waals surface area contributed by atoms with Gasteiger partial charge in [-0.25, -0.2) is 14.8 Å². The number of hydrogen-bond acceptors (Lipinski definition) is 6. The summed E-state index contributed by atoms with van der Waals surface area (Å²) in [5, 5.41) is 3.83. The normalized spacial score (nSPS) is 11.5. The number of aryl methyl sites for hydroxylation is 1. The van der Waals surface area contributed by atoms with Gasteiger partial charge in [-0.05, 0) is 41.7 Å². The number of aromatic nitrogens is 2. The monoisotopic (exact) mass is 428 g/mol. The molecule has 2 aromatic carbocycles. The first-order chi connectivity index (χ1) is 15.0. The van der Waals surface area contributed by atoms with Crippen LogP contribution in [0.1, 0.15) is 30.9 Å². The van der Waals surface area contributed by atoms with Gasteiger partial charge in [0.15, 0.2) is 0 Å². The molecular weight excluding hydrogens is 408 g/mol.